The number of nitrogens with zero attached hydrogens (tertiary/aromatic N) is 4. The monoisotopic (exact) mass is 383 g/mol. The molecule has 5 nitrogen and oxygen atoms in total. The van der Waals surface area contributed by atoms with Crippen molar-refractivity contribution >= 4 is 44.8 Å². The van der Waals surface area contributed by atoms with Crippen LogP contribution in [0.15, 0.2) is 40.9 Å². The van der Waals surface area contributed by atoms with Gasteiger partial charge in [0, 0.05) is 25.8 Å². The van der Waals surface area contributed by atoms with Crippen LogP contribution in [-0.4, -0.2) is 20.2 Å². The van der Waals surface area contributed by atoms with Gasteiger partial charge in [0.2, 0.25) is 0 Å². The largest absolute Gasteiger partial charge is 0.399 e. The van der Waals surface area contributed by atoms with Crippen LogP contribution >= 0.6 is 39.1 Å². The molecule has 106 valence electrons. The fourth-order valence-electron chi connectivity index (χ4n) is 1.90. The molecule has 0 spiro atoms. The molecular weight excluding hydrogens is 377 g/mol. The van der Waals surface area contributed by atoms with Gasteiger partial charge in [0.05, 0.1) is 5.69 Å². The number of nitrogen functional groups attached to an aromatic ring is 1. The van der Waals surface area contributed by atoms with Crippen molar-refractivity contribution in [3.05, 3.63) is 50.9 Å². The zero-order chi connectivity index (χ0) is 15.0. The molecule has 0 bridgehead atoms. The molecule has 0 saturated carbocycles. The van der Waals surface area contributed by atoms with E-state index in [9.17, 15) is 0 Å². The topological polar surface area (TPSA) is 69.6 Å². The van der Waals surface area contributed by atoms with Crippen molar-refractivity contribution in [2.24, 2.45) is 0 Å². The third kappa shape index (κ3) is 2.88. The van der Waals surface area contributed by atoms with Gasteiger partial charge in [0.15, 0.2) is 5.82 Å². The lowest BCUT2D eigenvalue weighted by Gasteiger charge is -2.08. The zero-order valence-corrected chi connectivity index (χ0v) is 13.6. The molecule has 0 amide bonds. The molecule has 2 aromatic carbocycles. The predicted molar refractivity (Wildman–Crippen MR) is 86.7 cm³/mol. The van der Waals surface area contributed by atoms with Crippen LogP contribution in [0.3, 0.4) is 0 Å². The SMILES string of the molecule is Nc1ccc(Br)c(-c2nnnn2-c2cc(Cl)cc(Cl)c2)c1. The molecule has 3 rings (SSSR count). The molecule has 21 heavy (non-hydrogen) atoms. The Kier molecular flexibility index (Phi) is 3.84. The summed E-state index contributed by atoms with van der Waals surface area (Å²) in [5, 5.41) is 12.8. The van der Waals surface area contributed by atoms with Crippen LogP contribution in [0, 0.1) is 0 Å². The van der Waals surface area contributed by atoms with Gasteiger partial charge >= 0.3 is 0 Å². The average Bonchev–Trinajstić information content (AvgIpc) is 2.89. The number of aromatic nitrogens is 4. The lowest BCUT2D eigenvalue weighted by atomic mass is 10.2. The maximum Gasteiger partial charge on any atom is 0.188 e. The molecule has 1 heterocycles. The minimum absolute atomic E-state index is 0.505. The van der Waals surface area contributed by atoms with E-state index in [-0.39, 0.29) is 0 Å². The Morgan fingerprint density at radius 1 is 1.05 bits per heavy atom. The van der Waals surface area contributed by atoms with Crippen LogP contribution < -0.4 is 5.73 Å². The Morgan fingerprint density at radius 3 is 2.48 bits per heavy atom. The number of rotatable bonds is 2. The van der Waals surface area contributed by atoms with E-state index < -0.39 is 0 Å². The van der Waals surface area contributed by atoms with Crippen LogP contribution in [0.5, 0.6) is 0 Å². The summed E-state index contributed by atoms with van der Waals surface area (Å²) in [7, 11) is 0. The van der Waals surface area contributed by atoms with Crippen molar-refractivity contribution in [2.75, 3.05) is 5.73 Å². The highest BCUT2D eigenvalue weighted by Crippen LogP contribution is 2.30. The summed E-state index contributed by atoms with van der Waals surface area (Å²) in [5.41, 5.74) is 7.89. The van der Waals surface area contributed by atoms with Crippen molar-refractivity contribution in [1.29, 1.82) is 0 Å². The normalized spacial score (nSPS) is 10.8. The predicted octanol–water partition coefficient (Wildman–Crippen LogP) is 3.98. The van der Waals surface area contributed by atoms with Gasteiger partial charge in [-0.25, -0.2) is 0 Å². The first kappa shape index (κ1) is 14.3. The van der Waals surface area contributed by atoms with E-state index in [0.29, 0.717) is 27.2 Å². The van der Waals surface area contributed by atoms with Crippen molar-refractivity contribution in [3.63, 3.8) is 0 Å². The number of anilines is 1. The van der Waals surface area contributed by atoms with Gasteiger partial charge < -0.3 is 5.73 Å². The number of hydrogen-bond donors (Lipinski definition) is 1. The van der Waals surface area contributed by atoms with Gasteiger partial charge in [0.1, 0.15) is 0 Å². The summed E-state index contributed by atoms with van der Waals surface area (Å²) >= 11 is 15.5. The Labute approximate surface area is 138 Å². The molecule has 8 heteroatoms. The number of hydrogen-bond acceptors (Lipinski definition) is 4. The van der Waals surface area contributed by atoms with E-state index in [2.05, 4.69) is 31.5 Å². The van der Waals surface area contributed by atoms with E-state index >= 15 is 0 Å². The minimum atomic E-state index is 0.505. The molecule has 0 unspecified atom stereocenters. The highest BCUT2D eigenvalue weighted by molar-refractivity contribution is 9.10. The Hall–Kier alpha value is -1.63. The summed E-state index contributed by atoms with van der Waals surface area (Å²) in [4.78, 5) is 0. The number of benzene rings is 2. The molecule has 0 aliphatic heterocycles. The van der Waals surface area contributed by atoms with Gasteiger partial charge in [-0.3, -0.25) is 0 Å². The van der Waals surface area contributed by atoms with Gasteiger partial charge in [-0.2, -0.15) is 4.68 Å². The molecule has 0 radical (unpaired) electrons. The van der Waals surface area contributed by atoms with Crippen LogP contribution in [0.25, 0.3) is 17.1 Å². The van der Waals surface area contributed by atoms with Crippen molar-refractivity contribution < 1.29 is 0 Å². The first-order valence-electron chi connectivity index (χ1n) is 5.85. The second kappa shape index (κ2) is 5.63. The Bertz CT molecular complexity index is 798. The van der Waals surface area contributed by atoms with E-state index in [1.54, 1.807) is 35.0 Å². The van der Waals surface area contributed by atoms with Crippen LogP contribution in [-0.2, 0) is 0 Å². The molecule has 2 N–H and O–H groups in total. The van der Waals surface area contributed by atoms with Gasteiger partial charge in [-0.1, -0.05) is 39.1 Å². The van der Waals surface area contributed by atoms with Crippen molar-refractivity contribution in [2.45, 2.75) is 0 Å². The van der Waals surface area contributed by atoms with Crippen LogP contribution in [0.2, 0.25) is 10.0 Å². The summed E-state index contributed by atoms with van der Waals surface area (Å²) < 4.78 is 2.39. The zero-order valence-electron chi connectivity index (χ0n) is 10.5. The van der Waals surface area contributed by atoms with Gasteiger partial charge in [0.25, 0.3) is 0 Å². The summed E-state index contributed by atoms with van der Waals surface area (Å²) in [5.74, 6) is 0.535. The maximum absolute atomic E-state index is 6.03. The van der Waals surface area contributed by atoms with E-state index in [1.165, 1.54) is 0 Å². The standard InChI is InChI=1S/C13H8BrCl2N5/c14-12-2-1-9(17)6-11(12)13-18-19-20-21(13)10-4-7(15)3-8(16)5-10/h1-6H,17H2. The van der Waals surface area contributed by atoms with E-state index in [4.69, 9.17) is 28.9 Å². The van der Waals surface area contributed by atoms with Crippen molar-refractivity contribution in [3.8, 4) is 17.1 Å². The third-order valence-electron chi connectivity index (χ3n) is 2.79. The lowest BCUT2D eigenvalue weighted by Crippen LogP contribution is -2.01. The molecule has 1 aromatic heterocycles. The smallest absolute Gasteiger partial charge is 0.188 e. The van der Waals surface area contributed by atoms with Gasteiger partial charge in [-0.15, -0.1) is 5.10 Å². The summed E-state index contributed by atoms with van der Waals surface area (Å²) in [6.07, 6.45) is 0. The third-order valence-corrected chi connectivity index (χ3v) is 3.92. The Morgan fingerprint density at radius 2 is 1.76 bits per heavy atom. The molecule has 0 saturated heterocycles. The molecule has 0 atom stereocenters. The quantitative estimate of drug-likeness (QED) is 0.678. The number of nitrogens with two attached hydrogens (primary N) is 1. The minimum Gasteiger partial charge on any atom is -0.399 e. The lowest BCUT2D eigenvalue weighted by molar-refractivity contribution is 0.791. The molecule has 0 aliphatic rings. The summed E-state index contributed by atoms with van der Waals surface area (Å²) in [6.45, 7) is 0. The molecule has 0 fully saturated rings. The maximum atomic E-state index is 6.03. The Balaban J connectivity index is 2.19. The first-order chi connectivity index (χ1) is 10.0. The van der Waals surface area contributed by atoms with Crippen molar-refractivity contribution in [1.82, 2.24) is 20.2 Å². The highest BCUT2D eigenvalue weighted by Gasteiger charge is 2.15. The summed E-state index contributed by atoms with van der Waals surface area (Å²) in [6, 6.07) is 10.5. The number of halogens is 3. The highest BCUT2D eigenvalue weighted by atomic mass is 79.9. The molecule has 0 aliphatic carbocycles. The first-order valence-corrected chi connectivity index (χ1v) is 7.40. The fraction of sp³-hybridized carbons (Fsp3) is 0. The molecule has 3 aromatic rings. The van der Waals surface area contributed by atoms with Crippen LogP contribution in [0.1, 0.15) is 0 Å². The fourth-order valence-corrected chi connectivity index (χ4v) is 2.84. The van der Waals surface area contributed by atoms with Gasteiger partial charge in [-0.05, 0) is 46.8 Å². The number of tetrazole rings is 1. The second-order valence-corrected chi connectivity index (χ2v) is 6.01. The van der Waals surface area contributed by atoms with Crippen LogP contribution in [0.4, 0.5) is 5.69 Å². The second-order valence-electron chi connectivity index (χ2n) is 4.28. The van der Waals surface area contributed by atoms with E-state index in [1.807, 2.05) is 6.07 Å². The average molecular weight is 385 g/mol. The van der Waals surface area contributed by atoms with E-state index in [0.717, 1.165) is 10.0 Å². The molecular formula is C13H8BrCl2N5.